The second-order valence-electron chi connectivity index (χ2n) is 7.19. The summed E-state index contributed by atoms with van der Waals surface area (Å²) in [6, 6.07) is 16.2. The smallest absolute Gasteiger partial charge is 0.343 e. The number of rotatable bonds is 7. The first-order valence-corrected chi connectivity index (χ1v) is 10.3. The van der Waals surface area contributed by atoms with E-state index in [4.69, 9.17) is 28.1 Å². The van der Waals surface area contributed by atoms with Crippen LogP contribution >= 0.6 is 0 Å². The van der Waals surface area contributed by atoms with Gasteiger partial charge in [-0.25, -0.2) is 4.79 Å². The van der Waals surface area contributed by atoms with Crippen LogP contribution in [0.2, 0.25) is 0 Å². The standard InChI is InChI=1S/C26H22O8/c1-15-25(34-21-8-6-5-7-19(21)29-2)24(27)18-11-10-17(14-22(18)32-15)33-26(28)16-9-12-20(30-3)23(13-16)31-4/h5-14H,1-4H3. The Labute approximate surface area is 195 Å². The third kappa shape index (κ3) is 4.38. The molecule has 0 aliphatic carbocycles. The third-order valence-corrected chi connectivity index (χ3v) is 5.10. The number of hydrogen-bond donors (Lipinski definition) is 0. The Morgan fingerprint density at radius 2 is 1.47 bits per heavy atom. The van der Waals surface area contributed by atoms with E-state index in [1.807, 2.05) is 0 Å². The molecule has 0 atom stereocenters. The Hall–Kier alpha value is -4.46. The Kier molecular flexibility index (Phi) is 6.40. The number of para-hydroxylation sites is 2. The maximum atomic E-state index is 13.1. The lowest BCUT2D eigenvalue weighted by Gasteiger charge is -2.12. The van der Waals surface area contributed by atoms with Gasteiger partial charge in [0.05, 0.1) is 32.3 Å². The molecule has 34 heavy (non-hydrogen) atoms. The van der Waals surface area contributed by atoms with Crippen molar-refractivity contribution in [2.45, 2.75) is 6.92 Å². The molecule has 0 fully saturated rings. The van der Waals surface area contributed by atoms with Gasteiger partial charge in [0.15, 0.2) is 23.0 Å². The summed E-state index contributed by atoms with van der Waals surface area (Å²) in [5.74, 6) is 1.70. The van der Waals surface area contributed by atoms with Gasteiger partial charge in [0.25, 0.3) is 0 Å². The fourth-order valence-corrected chi connectivity index (χ4v) is 3.39. The van der Waals surface area contributed by atoms with E-state index in [0.717, 1.165) is 0 Å². The van der Waals surface area contributed by atoms with E-state index in [1.165, 1.54) is 45.6 Å². The summed E-state index contributed by atoms with van der Waals surface area (Å²) in [5.41, 5.74) is 0.172. The van der Waals surface area contributed by atoms with Crippen LogP contribution in [-0.4, -0.2) is 27.3 Å². The third-order valence-electron chi connectivity index (χ3n) is 5.10. The van der Waals surface area contributed by atoms with E-state index in [-0.39, 0.29) is 39.2 Å². The molecular weight excluding hydrogens is 440 g/mol. The van der Waals surface area contributed by atoms with Crippen LogP contribution in [-0.2, 0) is 0 Å². The second-order valence-corrected chi connectivity index (χ2v) is 7.19. The minimum Gasteiger partial charge on any atom is -0.493 e. The highest BCUT2D eigenvalue weighted by molar-refractivity contribution is 5.92. The molecule has 3 aromatic carbocycles. The van der Waals surface area contributed by atoms with Crippen LogP contribution in [0, 0.1) is 6.92 Å². The number of carbonyl (C=O) groups is 1. The van der Waals surface area contributed by atoms with Gasteiger partial charge < -0.3 is 28.1 Å². The van der Waals surface area contributed by atoms with Gasteiger partial charge in [-0.05, 0) is 49.4 Å². The molecule has 0 saturated carbocycles. The molecule has 4 aromatic rings. The van der Waals surface area contributed by atoms with Gasteiger partial charge in [-0.1, -0.05) is 12.1 Å². The maximum Gasteiger partial charge on any atom is 0.343 e. The van der Waals surface area contributed by atoms with Crippen LogP contribution in [0.3, 0.4) is 0 Å². The zero-order chi connectivity index (χ0) is 24.2. The van der Waals surface area contributed by atoms with E-state index in [2.05, 4.69) is 0 Å². The van der Waals surface area contributed by atoms with Crippen LogP contribution in [0.5, 0.6) is 34.5 Å². The highest BCUT2D eigenvalue weighted by Crippen LogP contribution is 2.33. The molecule has 1 heterocycles. The van der Waals surface area contributed by atoms with Crippen LogP contribution in [0.4, 0.5) is 0 Å². The fourth-order valence-electron chi connectivity index (χ4n) is 3.39. The molecule has 0 amide bonds. The quantitative estimate of drug-likeness (QED) is 0.275. The van der Waals surface area contributed by atoms with Crippen molar-refractivity contribution in [2.24, 2.45) is 0 Å². The Morgan fingerprint density at radius 3 is 2.18 bits per heavy atom. The topological polar surface area (TPSA) is 93.4 Å². The van der Waals surface area contributed by atoms with Gasteiger partial charge in [0.1, 0.15) is 17.1 Å². The molecule has 0 aliphatic heterocycles. The molecule has 0 saturated heterocycles. The molecule has 0 bridgehead atoms. The van der Waals surface area contributed by atoms with Crippen molar-refractivity contribution in [3.63, 3.8) is 0 Å². The van der Waals surface area contributed by atoms with Crippen molar-refractivity contribution >= 4 is 16.9 Å². The van der Waals surface area contributed by atoms with E-state index in [1.54, 1.807) is 43.3 Å². The van der Waals surface area contributed by atoms with Gasteiger partial charge in [0.2, 0.25) is 11.2 Å². The van der Waals surface area contributed by atoms with E-state index < -0.39 is 5.97 Å². The van der Waals surface area contributed by atoms with Crippen molar-refractivity contribution < 1.29 is 32.9 Å². The monoisotopic (exact) mass is 462 g/mol. The predicted octanol–water partition coefficient (Wildman–Crippen LogP) is 5.14. The predicted molar refractivity (Wildman–Crippen MR) is 125 cm³/mol. The molecule has 0 N–H and O–H groups in total. The van der Waals surface area contributed by atoms with Gasteiger partial charge in [-0.2, -0.15) is 0 Å². The summed E-state index contributed by atoms with van der Waals surface area (Å²) in [5, 5.41) is 0.279. The van der Waals surface area contributed by atoms with Crippen LogP contribution < -0.4 is 29.1 Å². The molecular formula is C26H22O8. The van der Waals surface area contributed by atoms with Gasteiger partial charge in [0, 0.05) is 6.07 Å². The lowest BCUT2D eigenvalue weighted by atomic mass is 10.2. The Balaban J connectivity index is 1.63. The van der Waals surface area contributed by atoms with Crippen LogP contribution in [0.25, 0.3) is 11.0 Å². The fraction of sp³-hybridized carbons (Fsp3) is 0.154. The molecule has 8 heteroatoms. The highest BCUT2D eigenvalue weighted by Gasteiger charge is 2.18. The summed E-state index contributed by atoms with van der Waals surface area (Å²) < 4.78 is 32.8. The molecule has 4 rings (SSSR count). The number of hydrogen-bond acceptors (Lipinski definition) is 8. The lowest BCUT2D eigenvalue weighted by Crippen LogP contribution is -2.10. The number of aryl methyl sites for hydroxylation is 1. The minimum absolute atomic E-state index is 0.0482. The number of ether oxygens (including phenoxy) is 5. The van der Waals surface area contributed by atoms with Crippen LogP contribution in [0.15, 0.2) is 69.9 Å². The van der Waals surface area contributed by atoms with Crippen molar-refractivity contribution in [1.82, 2.24) is 0 Å². The average molecular weight is 462 g/mol. The van der Waals surface area contributed by atoms with Gasteiger partial charge in [-0.15, -0.1) is 0 Å². The first-order chi connectivity index (χ1) is 16.4. The number of methoxy groups -OCH3 is 3. The van der Waals surface area contributed by atoms with Crippen molar-refractivity contribution in [3.8, 4) is 34.5 Å². The SMILES string of the molecule is COc1ccc(C(=O)Oc2ccc3c(=O)c(Oc4ccccc4OC)c(C)oc3c2)cc1OC. The van der Waals surface area contributed by atoms with Crippen LogP contribution in [0.1, 0.15) is 16.1 Å². The summed E-state index contributed by atoms with van der Waals surface area (Å²) in [6.07, 6.45) is 0. The molecule has 0 unspecified atom stereocenters. The maximum absolute atomic E-state index is 13.1. The van der Waals surface area contributed by atoms with Gasteiger partial charge >= 0.3 is 5.97 Å². The number of esters is 1. The molecule has 0 aliphatic rings. The van der Waals surface area contributed by atoms with Crippen molar-refractivity contribution in [1.29, 1.82) is 0 Å². The second kappa shape index (κ2) is 9.58. The summed E-state index contributed by atoms with van der Waals surface area (Å²) >= 11 is 0. The zero-order valence-electron chi connectivity index (χ0n) is 19.0. The molecule has 1 aromatic heterocycles. The number of fused-ring (bicyclic) bond motifs is 1. The molecule has 174 valence electrons. The molecule has 8 nitrogen and oxygen atoms in total. The van der Waals surface area contributed by atoms with Crippen molar-refractivity contribution in [3.05, 3.63) is 82.2 Å². The number of carbonyl (C=O) groups excluding carboxylic acids is 1. The normalized spacial score (nSPS) is 10.6. The summed E-state index contributed by atoms with van der Waals surface area (Å²) in [7, 11) is 4.50. The van der Waals surface area contributed by atoms with E-state index in [9.17, 15) is 9.59 Å². The zero-order valence-corrected chi connectivity index (χ0v) is 19.0. The summed E-state index contributed by atoms with van der Waals surface area (Å²) in [4.78, 5) is 25.7. The molecule has 0 radical (unpaired) electrons. The minimum atomic E-state index is -0.601. The first-order valence-electron chi connectivity index (χ1n) is 10.3. The largest absolute Gasteiger partial charge is 0.493 e. The Bertz CT molecular complexity index is 1420. The number of benzene rings is 3. The highest BCUT2D eigenvalue weighted by atomic mass is 16.5. The van der Waals surface area contributed by atoms with Crippen molar-refractivity contribution in [2.75, 3.05) is 21.3 Å². The van der Waals surface area contributed by atoms with E-state index >= 15 is 0 Å². The van der Waals surface area contributed by atoms with E-state index in [0.29, 0.717) is 23.0 Å². The first kappa shape index (κ1) is 22.7. The summed E-state index contributed by atoms with van der Waals surface area (Å²) in [6.45, 7) is 1.62. The lowest BCUT2D eigenvalue weighted by molar-refractivity contribution is 0.0734. The van der Waals surface area contributed by atoms with Gasteiger partial charge in [-0.3, -0.25) is 4.79 Å². The Morgan fingerprint density at radius 1 is 0.794 bits per heavy atom. The molecule has 0 spiro atoms. The average Bonchev–Trinajstić information content (AvgIpc) is 2.86.